The number of carbonyl (C=O) groups is 3. The molecule has 0 aromatic heterocycles. The van der Waals surface area contributed by atoms with E-state index in [0.717, 1.165) is 23.0 Å². The Morgan fingerprint density at radius 1 is 1.02 bits per heavy atom. The van der Waals surface area contributed by atoms with Gasteiger partial charge >= 0.3 is 6.03 Å². The van der Waals surface area contributed by atoms with Crippen LogP contribution in [0.1, 0.15) is 29.7 Å². The Morgan fingerprint density at radius 2 is 1.65 bits per heavy atom. The van der Waals surface area contributed by atoms with Crippen LogP contribution in [0.5, 0.6) is 5.75 Å². The molecule has 1 fully saturated rings. The Balaban J connectivity index is 1.68. The third-order valence-corrected chi connectivity index (χ3v) is 7.49. The van der Waals surface area contributed by atoms with Gasteiger partial charge in [0.15, 0.2) is 0 Å². The number of hydrogen-bond donors (Lipinski definition) is 2. The van der Waals surface area contributed by atoms with Crippen molar-refractivity contribution < 1.29 is 19.5 Å². The van der Waals surface area contributed by atoms with Crippen LogP contribution in [0.4, 0.5) is 4.79 Å². The van der Waals surface area contributed by atoms with Gasteiger partial charge in [-0.05, 0) is 49.2 Å². The number of urea groups is 1. The number of hydrogen-bond acceptors (Lipinski definition) is 6. The lowest BCUT2D eigenvalue weighted by Gasteiger charge is -2.51. The topological polar surface area (TPSA) is 96.4 Å². The highest BCUT2D eigenvalue weighted by molar-refractivity contribution is 5.84. The second-order valence-electron chi connectivity index (χ2n) is 10.1. The smallest absolute Gasteiger partial charge is 0.333 e. The fourth-order valence-electron chi connectivity index (χ4n) is 5.13. The molecule has 0 radical (unpaired) electrons. The average molecular weight is 544 g/mol. The molecule has 9 heteroatoms. The Kier molecular flexibility index (Phi) is 9.52. The van der Waals surface area contributed by atoms with Crippen molar-refractivity contribution in [3.8, 4) is 5.75 Å². The van der Waals surface area contributed by atoms with E-state index in [2.05, 4.69) is 5.32 Å². The molecule has 3 aromatic rings. The molecule has 0 saturated carbocycles. The molecule has 1 heterocycles. The zero-order chi connectivity index (χ0) is 28.6. The molecule has 0 bridgehead atoms. The van der Waals surface area contributed by atoms with Crippen LogP contribution in [-0.2, 0) is 22.6 Å². The second kappa shape index (κ2) is 13.2. The molecule has 3 aromatic carbocycles. The minimum absolute atomic E-state index is 0.00785. The van der Waals surface area contributed by atoms with Crippen LogP contribution in [0.2, 0.25) is 0 Å². The van der Waals surface area contributed by atoms with Crippen molar-refractivity contribution in [1.82, 2.24) is 25.1 Å². The maximum absolute atomic E-state index is 14.0. The quantitative estimate of drug-likeness (QED) is 0.301. The van der Waals surface area contributed by atoms with Crippen molar-refractivity contribution in [3.05, 3.63) is 102 Å². The number of likely N-dealkylation sites (N-methyl/N-ethyl adjacent to an activating group) is 2. The van der Waals surface area contributed by atoms with Gasteiger partial charge in [0.2, 0.25) is 5.91 Å². The van der Waals surface area contributed by atoms with Gasteiger partial charge in [0.25, 0.3) is 0 Å². The van der Waals surface area contributed by atoms with E-state index in [1.165, 1.54) is 5.01 Å². The molecule has 4 rings (SSSR count). The van der Waals surface area contributed by atoms with E-state index in [9.17, 15) is 19.5 Å². The fraction of sp³-hybridized carbons (Fsp3) is 0.323. The molecule has 2 N–H and O–H groups in total. The molecule has 1 aliphatic heterocycles. The number of aromatic hydroxyl groups is 1. The highest BCUT2D eigenvalue weighted by atomic mass is 16.3. The first-order chi connectivity index (χ1) is 19.3. The van der Waals surface area contributed by atoms with Gasteiger partial charge in [0, 0.05) is 13.6 Å². The Bertz CT molecular complexity index is 1270. The molecule has 210 valence electrons. The number of phenols is 1. The summed E-state index contributed by atoms with van der Waals surface area (Å²) in [4.78, 5) is 43.0. The maximum Gasteiger partial charge on any atom is 0.333 e. The summed E-state index contributed by atoms with van der Waals surface area (Å²) in [5.41, 5.74) is 2.83. The molecule has 3 amide bonds. The van der Waals surface area contributed by atoms with E-state index in [-0.39, 0.29) is 36.8 Å². The number of phenolic OH excluding ortho intramolecular Hbond substituents is 1. The van der Waals surface area contributed by atoms with E-state index in [1.54, 1.807) is 36.3 Å². The van der Waals surface area contributed by atoms with Crippen LogP contribution >= 0.6 is 0 Å². The standard InChI is InChI=1S/C31H37N5O4/c1-23(26-12-8-5-9-13-26)35-22-29(34(3)28(30(35)39)20-24-14-16-27(38)17-15-24)36(33(2)18-19-37)31(40)32-21-25-10-6-4-7-11-25/h4-17,19,23,28-29,38H,18,20-22H2,1-3H3,(H,32,40)/t23-,28+,29?/m1/s1. The minimum atomic E-state index is -0.580. The Morgan fingerprint density at radius 3 is 2.27 bits per heavy atom. The summed E-state index contributed by atoms with van der Waals surface area (Å²) in [5.74, 6) is 0.104. The zero-order valence-corrected chi connectivity index (χ0v) is 23.2. The number of rotatable bonds is 10. The van der Waals surface area contributed by atoms with Crippen LogP contribution in [-0.4, -0.2) is 82.5 Å². The van der Waals surface area contributed by atoms with Gasteiger partial charge < -0.3 is 20.1 Å². The molecule has 40 heavy (non-hydrogen) atoms. The first-order valence-electron chi connectivity index (χ1n) is 13.4. The first kappa shape index (κ1) is 28.8. The molecule has 0 spiro atoms. The van der Waals surface area contributed by atoms with Crippen molar-refractivity contribution in [3.63, 3.8) is 0 Å². The van der Waals surface area contributed by atoms with E-state index in [4.69, 9.17) is 0 Å². The van der Waals surface area contributed by atoms with E-state index in [1.807, 2.05) is 84.4 Å². The summed E-state index contributed by atoms with van der Waals surface area (Å²) in [6.45, 7) is 2.57. The van der Waals surface area contributed by atoms with E-state index >= 15 is 0 Å². The van der Waals surface area contributed by atoms with E-state index in [0.29, 0.717) is 13.0 Å². The van der Waals surface area contributed by atoms with Crippen molar-refractivity contribution in [2.75, 3.05) is 27.2 Å². The Hall–Kier alpha value is -4.21. The van der Waals surface area contributed by atoms with Crippen LogP contribution in [0.15, 0.2) is 84.9 Å². The third kappa shape index (κ3) is 6.67. The first-order valence-corrected chi connectivity index (χ1v) is 13.4. The summed E-state index contributed by atoms with van der Waals surface area (Å²) in [7, 11) is 3.53. The number of aldehydes is 1. The van der Waals surface area contributed by atoms with Crippen LogP contribution in [0.25, 0.3) is 0 Å². The van der Waals surface area contributed by atoms with Gasteiger partial charge in [-0.25, -0.2) is 14.8 Å². The van der Waals surface area contributed by atoms with Gasteiger partial charge in [-0.1, -0.05) is 72.8 Å². The molecule has 1 aliphatic rings. The van der Waals surface area contributed by atoms with Crippen LogP contribution < -0.4 is 5.32 Å². The summed E-state index contributed by atoms with van der Waals surface area (Å²) in [6, 6.07) is 25.0. The van der Waals surface area contributed by atoms with Gasteiger partial charge in [-0.2, -0.15) is 0 Å². The number of benzene rings is 3. The molecule has 1 saturated heterocycles. The fourth-order valence-corrected chi connectivity index (χ4v) is 5.13. The molecule has 1 unspecified atom stereocenters. The van der Waals surface area contributed by atoms with Gasteiger partial charge in [-0.15, -0.1) is 0 Å². The van der Waals surface area contributed by atoms with Crippen molar-refractivity contribution in [1.29, 1.82) is 0 Å². The largest absolute Gasteiger partial charge is 0.508 e. The van der Waals surface area contributed by atoms with Crippen LogP contribution in [0, 0.1) is 0 Å². The predicted molar refractivity (Wildman–Crippen MR) is 153 cm³/mol. The average Bonchev–Trinajstić information content (AvgIpc) is 2.97. The highest BCUT2D eigenvalue weighted by Crippen LogP contribution is 2.30. The predicted octanol–water partition coefficient (Wildman–Crippen LogP) is 3.42. The molecular weight excluding hydrogens is 506 g/mol. The number of piperazine rings is 1. The van der Waals surface area contributed by atoms with Gasteiger partial charge in [-0.3, -0.25) is 9.69 Å². The van der Waals surface area contributed by atoms with Crippen LogP contribution in [0.3, 0.4) is 0 Å². The summed E-state index contributed by atoms with van der Waals surface area (Å²) >= 11 is 0. The molecule has 3 atom stereocenters. The number of amides is 3. The number of carbonyl (C=O) groups excluding carboxylic acids is 3. The Labute approximate surface area is 235 Å². The third-order valence-electron chi connectivity index (χ3n) is 7.49. The zero-order valence-electron chi connectivity index (χ0n) is 23.2. The summed E-state index contributed by atoms with van der Waals surface area (Å²) in [5, 5.41) is 15.9. The molecule has 9 nitrogen and oxygen atoms in total. The van der Waals surface area contributed by atoms with Crippen molar-refractivity contribution in [2.45, 2.75) is 38.1 Å². The van der Waals surface area contributed by atoms with Crippen molar-refractivity contribution >= 4 is 18.2 Å². The summed E-state index contributed by atoms with van der Waals surface area (Å²) in [6.07, 6.45) is 0.594. The highest BCUT2D eigenvalue weighted by Gasteiger charge is 2.45. The number of nitrogens with one attached hydrogen (secondary N) is 1. The lowest BCUT2D eigenvalue weighted by atomic mass is 9.97. The lowest BCUT2D eigenvalue weighted by molar-refractivity contribution is -0.160. The van der Waals surface area contributed by atoms with Crippen molar-refractivity contribution in [2.24, 2.45) is 0 Å². The van der Waals surface area contributed by atoms with Gasteiger partial charge in [0.1, 0.15) is 18.2 Å². The normalized spacial score (nSPS) is 18.4. The number of nitrogens with zero attached hydrogens (tertiary/aromatic N) is 4. The minimum Gasteiger partial charge on any atom is -0.508 e. The SMILES string of the molecule is C[C@H](c1ccccc1)N1CC(N(C(=O)NCc2ccccc2)N(C)CC=O)N(C)[C@@H](Cc2ccc(O)cc2)C1=O. The van der Waals surface area contributed by atoms with E-state index < -0.39 is 12.2 Å². The number of hydrazine groups is 1. The summed E-state index contributed by atoms with van der Waals surface area (Å²) < 4.78 is 0. The second-order valence-corrected chi connectivity index (χ2v) is 10.1. The molecule has 0 aliphatic carbocycles. The molecular formula is C31H37N5O4. The van der Waals surface area contributed by atoms with Gasteiger partial charge in [0.05, 0.1) is 25.2 Å². The lowest BCUT2D eigenvalue weighted by Crippen LogP contribution is -2.70. The monoisotopic (exact) mass is 543 g/mol. The maximum atomic E-state index is 14.0.